The van der Waals surface area contributed by atoms with Gasteiger partial charge in [-0.3, -0.25) is 9.59 Å². The molecule has 0 radical (unpaired) electrons. The Morgan fingerprint density at radius 2 is 1.23 bits per heavy atom. The fourth-order valence-electron chi connectivity index (χ4n) is 9.92. The van der Waals surface area contributed by atoms with E-state index in [1.54, 1.807) is 104 Å². The van der Waals surface area contributed by atoms with E-state index in [0.29, 0.717) is 46.1 Å². The number of hydrogen-bond donors (Lipinski definition) is 4. The van der Waals surface area contributed by atoms with E-state index in [-0.39, 0.29) is 84.7 Å². The minimum atomic E-state index is -4.62. The van der Waals surface area contributed by atoms with Crippen LogP contribution in [0.1, 0.15) is 92.8 Å². The second kappa shape index (κ2) is 24.4. The number of carbonyl (C=O) groups excluding carboxylic acids is 3. The van der Waals surface area contributed by atoms with Gasteiger partial charge >= 0.3 is 18.3 Å². The number of benzene rings is 5. The number of rotatable bonds is 20. The van der Waals surface area contributed by atoms with Crippen LogP contribution in [0.4, 0.5) is 43.4 Å². The summed E-state index contributed by atoms with van der Waals surface area (Å²) >= 11 is 13.0. The molecule has 2 heterocycles. The molecule has 0 spiro atoms. The summed E-state index contributed by atoms with van der Waals surface area (Å²) < 4.78 is 89.2. The molecule has 5 aromatic carbocycles. The highest BCUT2D eigenvalue weighted by Crippen LogP contribution is 2.38. The number of amides is 2. The molecular formula is C59H62Cl2F6N7O4+. The molecule has 0 saturated carbocycles. The Kier molecular flexibility index (Phi) is 18.3. The predicted octanol–water partition coefficient (Wildman–Crippen LogP) is 12.3. The Morgan fingerprint density at radius 1 is 0.718 bits per heavy atom. The number of esters is 1. The fraction of sp³-hybridized carbons (Fsp3) is 0.339. The zero-order chi connectivity index (χ0) is 56.7. The first-order chi connectivity index (χ1) is 36.7. The van der Waals surface area contributed by atoms with Gasteiger partial charge in [0.25, 0.3) is 11.8 Å². The Labute approximate surface area is 460 Å². The summed E-state index contributed by atoms with van der Waals surface area (Å²) in [5, 5.41) is 6.83. The van der Waals surface area contributed by atoms with Gasteiger partial charge in [-0.2, -0.15) is 26.3 Å². The van der Waals surface area contributed by atoms with Gasteiger partial charge in [0.05, 0.1) is 59.0 Å². The van der Waals surface area contributed by atoms with Crippen molar-refractivity contribution in [2.45, 2.75) is 83.9 Å². The highest BCUT2D eigenvalue weighted by molar-refractivity contribution is 6.42. The van der Waals surface area contributed by atoms with E-state index < -0.39 is 52.9 Å². The zero-order valence-corrected chi connectivity index (χ0v) is 45.4. The first-order valence-electron chi connectivity index (χ1n) is 25.3. The van der Waals surface area contributed by atoms with Crippen LogP contribution in [-0.2, 0) is 38.0 Å². The van der Waals surface area contributed by atoms with Gasteiger partial charge in [0.15, 0.2) is 6.54 Å². The Balaban J connectivity index is 1.18. The van der Waals surface area contributed by atoms with E-state index in [4.69, 9.17) is 39.4 Å². The standard InChI is InChI=1S/C59H61Cl2F6N7O4/c1-6-11-38-16-19-41(20-17-38)54(69)53-50(71-46-15-8-13-43(32-46)59(65,66)67)34-73(56(53)77)27-10-29-74(36-51(75)78-57(3,4)5,35-39-18-25-47(60)48(61)30-39)28-9-26-72-33-49(70-45-14-7-12-42(31-45)58(62,63)64)52(55(72)76)37(2)40-21-23-44(68)24-22-40/h7-8,12-25,30-32,37,54H,9-10,26-29,33-36,68-69H2,1-5H3,(H-,70,71,76,77)/p+1/t37-,54?,74?/m1/s1. The molecule has 2 unspecified atom stereocenters. The highest BCUT2D eigenvalue weighted by atomic mass is 35.5. The molecule has 5 aromatic rings. The molecule has 0 fully saturated rings. The van der Waals surface area contributed by atoms with Crippen molar-refractivity contribution < 1.29 is 49.9 Å². The lowest BCUT2D eigenvalue weighted by molar-refractivity contribution is -0.934. The minimum absolute atomic E-state index is 0.0194. The molecule has 0 aliphatic carbocycles. The van der Waals surface area contributed by atoms with Crippen LogP contribution in [0.2, 0.25) is 10.0 Å². The van der Waals surface area contributed by atoms with Crippen LogP contribution in [0.15, 0.2) is 138 Å². The average molecular weight is 1120 g/mol. The van der Waals surface area contributed by atoms with E-state index in [0.717, 1.165) is 41.0 Å². The molecule has 0 saturated heterocycles. The summed E-state index contributed by atoms with van der Waals surface area (Å²) in [7, 11) is 0. The molecular weight excluding hydrogens is 1060 g/mol. The predicted molar refractivity (Wildman–Crippen MR) is 293 cm³/mol. The number of anilines is 3. The summed E-state index contributed by atoms with van der Waals surface area (Å²) in [6.45, 7) is 9.79. The van der Waals surface area contributed by atoms with Crippen molar-refractivity contribution in [3.8, 4) is 11.8 Å². The van der Waals surface area contributed by atoms with Crippen LogP contribution >= 0.6 is 23.2 Å². The molecule has 2 amide bonds. The first-order valence-corrected chi connectivity index (χ1v) is 26.1. The third kappa shape index (κ3) is 15.0. The number of nitrogen functional groups attached to an aromatic ring is 1. The van der Waals surface area contributed by atoms with Gasteiger partial charge in [-0.25, -0.2) is 4.79 Å². The summed E-state index contributed by atoms with van der Waals surface area (Å²) in [5.41, 5.74) is 15.1. The highest BCUT2D eigenvalue weighted by Gasteiger charge is 2.40. The quantitative estimate of drug-likeness (QED) is 0.0198. The lowest BCUT2D eigenvalue weighted by Gasteiger charge is -2.39. The number of quaternary nitrogens is 1. The Hall–Kier alpha value is -6.97. The van der Waals surface area contributed by atoms with Gasteiger partial charge in [0.1, 0.15) is 12.1 Å². The van der Waals surface area contributed by atoms with Gasteiger partial charge in [-0.05, 0) is 112 Å². The topological polar surface area (TPSA) is 143 Å². The summed E-state index contributed by atoms with van der Waals surface area (Å²) in [4.78, 5) is 46.6. The van der Waals surface area contributed by atoms with Crippen molar-refractivity contribution >= 4 is 58.0 Å². The van der Waals surface area contributed by atoms with E-state index in [9.17, 15) is 40.7 Å². The number of nitrogens with two attached hydrogens (primary N) is 2. The Morgan fingerprint density at radius 3 is 1.73 bits per heavy atom. The molecule has 3 atom stereocenters. The summed E-state index contributed by atoms with van der Waals surface area (Å²) in [5.74, 6) is 4.06. The molecule has 412 valence electrons. The fourth-order valence-corrected chi connectivity index (χ4v) is 10.2. The van der Waals surface area contributed by atoms with Crippen LogP contribution in [0.25, 0.3) is 0 Å². The SMILES string of the molecule is CC#Cc1ccc(C(N)C2=C(Nc3cccc(C(F)(F)F)c3)CN(CCC[N+](CCCN3CC(Nc4cccc(C(F)(F)F)c4)=C([C@H](C)c4ccc(N)cc4)C3=O)(CC(=O)OC(C)(C)C)Cc3ccc(Cl)c(Cl)c3)C2=O)cc1. The second-order valence-electron chi connectivity index (χ2n) is 20.7. The maximum Gasteiger partial charge on any atom is 0.416 e. The summed E-state index contributed by atoms with van der Waals surface area (Å²) in [6, 6.07) is 27.7. The molecule has 7 rings (SSSR count). The molecule has 19 heteroatoms. The molecule has 2 aliphatic heterocycles. The normalized spacial score (nSPS) is 15.8. The molecule has 0 aromatic heterocycles. The molecule has 0 bridgehead atoms. The summed E-state index contributed by atoms with van der Waals surface area (Å²) in [6.07, 6.45) is -8.59. The van der Waals surface area contributed by atoms with E-state index in [2.05, 4.69) is 22.5 Å². The number of ether oxygens (including phenoxy) is 1. The number of hydrogen-bond acceptors (Lipinski definition) is 8. The van der Waals surface area contributed by atoms with Gasteiger partial charge in [-0.15, -0.1) is 5.92 Å². The Bertz CT molecular complexity index is 3150. The first kappa shape index (κ1) is 58.7. The van der Waals surface area contributed by atoms with Gasteiger partial charge in [0, 0.05) is 77.0 Å². The second-order valence-corrected chi connectivity index (χ2v) is 21.5. The molecule has 78 heavy (non-hydrogen) atoms. The van der Waals surface area contributed by atoms with Crippen molar-refractivity contribution in [3.05, 3.63) is 181 Å². The van der Waals surface area contributed by atoms with E-state index >= 15 is 0 Å². The van der Waals surface area contributed by atoms with Crippen LogP contribution in [0.5, 0.6) is 0 Å². The van der Waals surface area contributed by atoms with Crippen LogP contribution in [-0.4, -0.2) is 83.5 Å². The largest absolute Gasteiger partial charge is 0.456 e. The van der Waals surface area contributed by atoms with Crippen LogP contribution < -0.4 is 22.1 Å². The van der Waals surface area contributed by atoms with Crippen molar-refractivity contribution in [2.75, 3.05) is 62.2 Å². The number of halogens is 8. The zero-order valence-electron chi connectivity index (χ0n) is 43.8. The van der Waals surface area contributed by atoms with Crippen LogP contribution in [0.3, 0.4) is 0 Å². The smallest absolute Gasteiger partial charge is 0.416 e. The van der Waals surface area contributed by atoms with E-state index in [1.165, 1.54) is 24.3 Å². The maximum atomic E-state index is 14.6. The number of nitrogens with one attached hydrogen (secondary N) is 2. The van der Waals surface area contributed by atoms with Gasteiger partial charge < -0.3 is 41.1 Å². The lowest BCUT2D eigenvalue weighted by Crippen LogP contribution is -2.54. The van der Waals surface area contributed by atoms with Crippen molar-refractivity contribution in [1.29, 1.82) is 0 Å². The number of nitrogens with zero attached hydrogens (tertiary/aromatic N) is 3. The minimum Gasteiger partial charge on any atom is -0.456 e. The third-order valence-electron chi connectivity index (χ3n) is 13.6. The molecule has 6 N–H and O–H groups in total. The monoisotopic (exact) mass is 1120 g/mol. The van der Waals surface area contributed by atoms with E-state index in [1.807, 2.05) is 6.92 Å². The van der Waals surface area contributed by atoms with Gasteiger partial charge in [-0.1, -0.05) is 78.5 Å². The maximum absolute atomic E-state index is 14.6. The molecule has 11 nitrogen and oxygen atoms in total. The van der Waals surface area contributed by atoms with Crippen molar-refractivity contribution in [1.82, 2.24) is 9.80 Å². The third-order valence-corrected chi connectivity index (χ3v) is 14.3. The molecule has 2 aliphatic rings. The average Bonchev–Trinajstić information content (AvgIpc) is 3.98. The number of alkyl halides is 6. The number of carbonyl (C=O) groups is 3. The van der Waals surface area contributed by atoms with Gasteiger partial charge in [0.2, 0.25) is 0 Å². The van der Waals surface area contributed by atoms with Crippen LogP contribution in [0, 0.1) is 11.8 Å². The lowest BCUT2D eigenvalue weighted by atomic mass is 9.91. The van der Waals surface area contributed by atoms with Crippen molar-refractivity contribution in [3.63, 3.8) is 0 Å². The van der Waals surface area contributed by atoms with Crippen molar-refractivity contribution in [2.24, 2.45) is 5.73 Å².